The molecule has 9 nitrogen and oxygen atoms in total. The van der Waals surface area contributed by atoms with Crippen LogP contribution in [-0.2, 0) is 22.7 Å². The Hall–Kier alpha value is -3.20. The van der Waals surface area contributed by atoms with E-state index in [2.05, 4.69) is 21.0 Å². The molecule has 0 aliphatic carbocycles. The van der Waals surface area contributed by atoms with Crippen molar-refractivity contribution in [3.63, 3.8) is 0 Å². The van der Waals surface area contributed by atoms with E-state index in [4.69, 9.17) is 0 Å². The van der Waals surface area contributed by atoms with Crippen LogP contribution in [0.25, 0.3) is 0 Å². The van der Waals surface area contributed by atoms with E-state index in [9.17, 15) is 14.4 Å². The molecule has 3 N–H and O–H groups in total. The summed E-state index contributed by atoms with van der Waals surface area (Å²) in [4.78, 5) is 38.3. The van der Waals surface area contributed by atoms with Crippen LogP contribution in [0, 0.1) is 0 Å². The van der Waals surface area contributed by atoms with Gasteiger partial charge in [-0.1, -0.05) is 12.1 Å². The number of nitrogens with zero attached hydrogens (tertiary/aromatic N) is 3. The lowest BCUT2D eigenvalue weighted by atomic mass is 10.0. The molecule has 5 rings (SSSR count). The molecule has 3 aliphatic heterocycles. The summed E-state index contributed by atoms with van der Waals surface area (Å²) >= 11 is 0. The highest BCUT2D eigenvalue weighted by atomic mass is 16.2. The molecule has 2 aromatic rings. The maximum atomic E-state index is 12.9. The number of aromatic nitrogens is 2. The Kier molecular flexibility index (Phi) is 5.19. The average molecular weight is 422 g/mol. The van der Waals surface area contributed by atoms with Gasteiger partial charge >= 0.3 is 0 Å². The molecular formula is C22H26N6O3. The summed E-state index contributed by atoms with van der Waals surface area (Å²) < 4.78 is 2.01. The van der Waals surface area contributed by atoms with Crippen LogP contribution in [0.5, 0.6) is 0 Å². The molecule has 0 bridgehead atoms. The lowest BCUT2D eigenvalue weighted by Gasteiger charge is -2.29. The van der Waals surface area contributed by atoms with Gasteiger partial charge in [-0.3, -0.25) is 24.4 Å². The van der Waals surface area contributed by atoms with Crippen LogP contribution < -0.4 is 16.0 Å². The normalized spacial score (nSPS) is 23.6. The zero-order valence-corrected chi connectivity index (χ0v) is 17.3. The van der Waals surface area contributed by atoms with Crippen LogP contribution in [0.4, 0.5) is 5.69 Å². The van der Waals surface area contributed by atoms with Crippen molar-refractivity contribution in [1.29, 1.82) is 0 Å². The molecule has 162 valence electrons. The van der Waals surface area contributed by atoms with Crippen molar-refractivity contribution in [2.45, 2.75) is 50.9 Å². The maximum absolute atomic E-state index is 12.9. The molecule has 31 heavy (non-hydrogen) atoms. The molecule has 2 atom stereocenters. The van der Waals surface area contributed by atoms with E-state index >= 15 is 0 Å². The van der Waals surface area contributed by atoms with Crippen LogP contribution in [0.3, 0.4) is 0 Å². The minimum Gasteiger partial charge on any atom is -0.378 e. The van der Waals surface area contributed by atoms with Crippen molar-refractivity contribution >= 4 is 23.4 Å². The third-order valence-corrected chi connectivity index (χ3v) is 6.41. The Labute approximate surface area is 180 Å². The van der Waals surface area contributed by atoms with Crippen molar-refractivity contribution in [3.05, 3.63) is 47.3 Å². The van der Waals surface area contributed by atoms with Gasteiger partial charge in [-0.2, -0.15) is 5.10 Å². The summed E-state index contributed by atoms with van der Waals surface area (Å²) in [5.41, 5.74) is 3.53. The molecule has 3 amide bonds. The summed E-state index contributed by atoms with van der Waals surface area (Å²) in [7, 11) is 0. The van der Waals surface area contributed by atoms with Crippen LogP contribution in [0.2, 0.25) is 0 Å². The molecule has 4 heterocycles. The van der Waals surface area contributed by atoms with Gasteiger partial charge in [0.25, 0.3) is 5.91 Å². The molecule has 9 heteroatoms. The Morgan fingerprint density at radius 1 is 1.19 bits per heavy atom. The Morgan fingerprint density at radius 2 is 2.10 bits per heavy atom. The molecule has 1 aromatic heterocycles. The van der Waals surface area contributed by atoms with Crippen molar-refractivity contribution in [2.24, 2.45) is 0 Å². The minimum atomic E-state index is -0.597. The number of nitrogens with one attached hydrogen (secondary N) is 3. The van der Waals surface area contributed by atoms with Gasteiger partial charge in [0.05, 0.1) is 17.9 Å². The monoisotopic (exact) mass is 422 g/mol. The van der Waals surface area contributed by atoms with Gasteiger partial charge in [0.1, 0.15) is 6.04 Å². The summed E-state index contributed by atoms with van der Waals surface area (Å²) in [5.74, 6) is -0.814. The SMILES string of the molecule is O=C1CCC(N2Cc3c(CNc4cnn(C5CCCNC5)c4)cccc3C2=O)C(=O)N1. The zero-order chi connectivity index (χ0) is 21.4. The molecule has 0 radical (unpaired) electrons. The van der Waals surface area contributed by atoms with Gasteiger partial charge in [-0.15, -0.1) is 0 Å². The average Bonchev–Trinajstić information content (AvgIpc) is 3.38. The third kappa shape index (κ3) is 3.81. The van der Waals surface area contributed by atoms with Crippen LogP contribution in [0.15, 0.2) is 30.6 Å². The maximum Gasteiger partial charge on any atom is 0.255 e. The van der Waals surface area contributed by atoms with Crippen molar-refractivity contribution in [3.8, 4) is 0 Å². The number of amides is 3. The van der Waals surface area contributed by atoms with Gasteiger partial charge in [-0.25, -0.2) is 0 Å². The van der Waals surface area contributed by atoms with E-state index in [0.717, 1.165) is 42.7 Å². The first-order valence-electron chi connectivity index (χ1n) is 10.8. The predicted octanol–water partition coefficient (Wildman–Crippen LogP) is 1.18. The predicted molar refractivity (Wildman–Crippen MR) is 113 cm³/mol. The van der Waals surface area contributed by atoms with E-state index < -0.39 is 6.04 Å². The fourth-order valence-electron chi connectivity index (χ4n) is 4.70. The number of benzene rings is 1. The van der Waals surface area contributed by atoms with Gasteiger partial charge in [0.2, 0.25) is 11.8 Å². The quantitative estimate of drug-likeness (QED) is 0.625. The van der Waals surface area contributed by atoms with Crippen LogP contribution in [-0.4, -0.2) is 51.5 Å². The first kappa shape index (κ1) is 19.7. The lowest BCUT2D eigenvalue weighted by Crippen LogP contribution is -2.52. The van der Waals surface area contributed by atoms with E-state index in [0.29, 0.717) is 31.1 Å². The smallest absolute Gasteiger partial charge is 0.255 e. The fourth-order valence-corrected chi connectivity index (χ4v) is 4.70. The Bertz CT molecular complexity index is 1030. The van der Waals surface area contributed by atoms with E-state index in [1.54, 1.807) is 11.0 Å². The number of piperidine rings is 2. The molecule has 2 unspecified atom stereocenters. The van der Waals surface area contributed by atoms with Gasteiger partial charge in [-0.05, 0) is 43.0 Å². The number of hydrogen-bond acceptors (Lipinski definition) is 6. The molecular weight excluding hydrogens is 396 g/mol. The summed E-state index contributed by atoms with van der Waals surface area (Å²) in [6, 6.07) is 5.47. The number of hydrogen-bond donors (Lipinski definition) is 3. The molecule has 2 fully saturated rings. The molecule has 2 saturated heterocycles. The topological polar surface area (TPSA) is 108 Å². The highest BCUT2D eigenvalue weighted by Crippen LogP contribution is 2.30. The summed E-state index contributed by atoms with van der Waals surface area (Å²) in [5, 5.41) is 13.7. The third-order valence-electron chi connectivity index (χ3n) is 6.41. The highest BCUT2D eigenvalue weighted by Gasteiger charge is 2.39. The molecule has 0 saturated carbocycles. The Morgan fingerprint density at radius 3 is 2.90 bits per heavy atom. The highest BCUT2D eigenvalue weighted by molar-refractivity contribution is 6.05. The fraction of sp³-hybridized carbons (Fsp3) is 0.455. The van der Waals surface area contributed by atoms with Gasteiger partial charge in [0.15, 0.2) is 0 Å². The van der Waals surface area contributed by atoms with Crippen molar-refractivity contribution in [2.75, 3.05) is 18.4 Å². The number of fused-ring (bicyclic) bond motifs is 1. The van der Waals surface area contributed by atoms with Gasteiger partial charge < -0.3 is 15.5 Å². The number of anilines is 1. The van der Waals surface area contributed by atoms with E-state index in [1.807, 2.05) is 29.2 Å². The number of carbonyl (C=O) groups excluding carboxylic acids is 3. The number of rotatable bonds is 5. The molecule has 0 spiro atoms. The second-order valence-corrected chi connectivity index (χ2v) is 8.41. The van der Waals surface area contributed by atoms with Crippen LogP contribution >= 0.6 is 0 Å². The first-order valence-corrected chi connectivity index (χ1v) is 10.8. The first-order chi connectivity index (χ1) is 15.1. The summed E-state index contributed by atoms with van der Waals surface area (Å²) in [6.45, 7) is 2.95. The van der Waals surface area contributed by atoms with E-state index in [-0.39, 0.29) is 24.1 Å². The van der Waals surface area contributed by atoms with Crippen molar-refractivity contribution < 1.29 is 14.4 Å². The van der Waals surface area contributed by atoms with Crippen LogP contribution in [0.1, 0.15) is 53.2 Å². The second-order valence-electron chi connectivity index (χ2n) is 8.41. The standard InChI is InChI=1S/C22H26N6O3/c29-20-7-6-19(21(30)26-20)27-13-18-14(3-1-5-17(18)22(27)31)9-24-15-10-25-28(12-15)16-4-2-8-23-11-16/h1,3,5,10,12,16,19,23-24H,2,4,6-9,11,13H2,(H,26,29,30). The number of carbonyl (C=O) groups is 3. The number of imide groups is 1. The molecule has 3 aliphatic rings. The zero-order valence-electron chi connectivity index (χ0n) is 17.3. The minimum absolute atomic E-state index is 0.149. The Balaban J connectivity index is 1.28. The lowest BCUT2D eigenvalue weighted by molar-refractivity contribution is -0.136. The van der Waals surface area contributed by atoms with Gasteiger partial charge in [0, 0.05) is 37.8 Å². The summed E-state index contributed by atoms with van der Waals surface area (Å²) in [6.07, 6.45) is 6.76. The largest absolute Gasteiger partial charge is 0.378 e. The van der Waals surface area contributed by atoms with Crippen molar-refractivity contribution in [1.82, 2.24) is 25.3 Å². The molecule has 1 aromatic carbocycles. The second kappa shape index (κ2) is 8.14. The van der Waals surface area contributed by atoms with E-state index in [1.165, 1.54) is 0 Å².